The van der Waals surface area contributed by atoms with Gasteiger partial charge >= 0.3 is 0 Å². The van der Waals surface area contributed by atoms with E-state index in [0.29, 0.717) is 0 Å². The average Bonchev–Trinajstić information content (AvgIpc) is 3.01. The number of aromatic nitrogens is 3. The summed E-state index contributed by atoms with van der Waals surface area (Å²) in [4.78, 5) is 6.83. The molecule has 0 aromatic carbocycles. The van der Waals surface area contributed by atoms with Crippen molar-refractivity contribution in [2.75, 3.05) is 32.0 Å². The zero-order chi connectivity index (χ0) is 13.8. The van der Waals surface area contributed by atoms with Crippen LogP contribution in [0.25, 0.3) is 5.82 Å². The van der Waals surface area contributed by atoms with E-state index in [1.54, 1.807) is 10.9 Å². The van der Waals surface area contributed by atoms with Crippen molar-refractivity contribution in [3.63, 3.8) is 0 Å². The smallest absolute Gasteiger partial charge is 0.153 e. The maximum atomic E-state index is 4.43. The van der Waals surface area contributed by atoms with Crippen molar-refractivity contribution < 1.29 is 0 Å². The average molecular weight is 271 g/mol. The summed E-state index contributed by atoms with van der Waals surface area (Å²) >= 11 is 0. The van der Waals surface area contributed by atoms with Gasteiger partial charge in [0.15, 0.2) is 5.82 Å². The molecule has 1 fully saturated rings. The Bertz CT molecular complexity index is 512. The minimum atomic E-state index is 0.775. The monoisotopic (exact) mass is 271 g/mol. The molecular formula is C15H21N5. The second-order valence-electron chi connectivity index (χ2n) is 5.48. The molecule has 1 aliphatic heterocycles. The van der Waals surface area contributed by atoms with Crippen LogP contribution in [-0.4, -0.2) is 46.3 Å². The van der Waals surface area contributed by atoms with Crippen molar-refractivity contribution in [2.24, 2.45) is 5.92 Å². The molecule has 5 heteroatoms. The topological polar surface area (TPSA) is 46.0 Å². The van der Waals surface area contributed by atoms with Gasteiger partial charge in [-0.3, -0.25) is 0 Å². The number of nitrogens with zero attached hydrogens (tertiary/aromatic N) is 4. The van der Waals surface area contributed by atoms with Gasteiger partial charge in [-0.25, -0.2) is 9.67 Å². The molecule has 0 saturated carbocycles. The minimum absolute atomic E-state index is 0.775. The molecule has 2 aromatic rings. The van der Waals surface area contributed by atoms with Crippen molar-refractivity contribution in [3.05, 3.63) is 36.8 Å². The predicted octanol–water partition coefficient (Wildman–Crippen LogP) is 2.02. The molecule has 1 saturated heterocycles. The molecule has 0 aliphatic carbocycles. The van der Waals surface area contributed by atoms with Gasteiger partial charge in [0.1, 0.15) is 0 Å². The summed E-state index contributed by atoms with van der Waals surface area (Å²) in [5, 5.41) is 7.66. The Morgan fingerprint density at radius 2 is 2.15 bits per heavy atom. The van der Waals surface area contributed by atoms with E-state index in [9.17, 15) is 0 Å². The molecule has 3 heterocycles. The van der Waals surface area contributed by atoms with Gasteiger partial charge in [0.25, 0.3) is 0 Å². The number of piperidine rings is 1. The van der Waals surface area contributed by atoms with Gasteiger partial charge in [-0.1, -0.05) is 0 Å². The van der Waals surface area contributed by atoms with Crippen LogP contribution in [-0.2, 0) is 0 Å². The first-order chi connectivity index (χ1) is 9.81. The molecule has 2 aromatic heterocycles. The largest absolute Gasteiger partial charge is 0.384 e. The predicted molar refractivity (Wildman–Crippen MR) is 80.1 cm³/mol. The molecule has 0 bridgehead atoms. The highest BCUT2D eigenvalue weighted by Gasteiger charge is 2.16. The maximum Gasteiger partial charge on any atom is 0.153 e. The third-order valence-electron chi connectivity index (χ3n) is 3.92. The van der Waals surface area contributed by atoms with E-state index in [0.717, 1.165) is 24.0 Å². The van der Waals surface area contributed by atoms with E-state index >= 15 is 0 Å². The number of rotatable bonds is 4. The van der Waals surface area contributed by atoms with Crippen LogP contribution in [0.5, 0.6) is 0 Å². The summed E-state index contributed by atoms with van der Waals surface area (Å²) < 4.78 is 1.76. The Balaban J connectivity index is 1.53. The minimum Gasteiger partial charge on any atom is -0.384 e. The summed E-state index contributed by atoms with van der Waals surface area (Å²) in [7, 11) is 2.20. The van der Waals surface area contributed by atoms with Crippen molar-refractivity contribution in [2.45, 2.75) is 12.8 Å². The molecule has 0 spiro atoms. The molecule has 1 aliphatic rings. The summed E-state index contributed by atoms with van der Waals surface area (Å²) in [6.45, 7) is 3.46. The Morgan fingerprint density at radius 3 is 2.80 bits per heavy atom. The van der Waals surface area contributed by atoms with Crippen LogP contribution in [0.15, 0.2) is 36.8 Å². The summed E-state index contributed by atoms with van der Waals surface area (Å²) in [5.41, 5.74) is 1.08. The normalized spacial score (nSPS) is 17.2. The van der Waals surface area contributed by atoms with E-state index in [1.807, 2.05) is 24.5 Å². The van der Waals surface area contributed by atoms with Gasteiger partial charge in [-0.2, -0.15) is 5.10 Å². The SMILES string of the molecule is CN1CCC(CNc2ccc(-n3cccn3)nc2)CC1. The second kappa shape index (κ2) is 6.05. The van der Waals surface area contributed by atoms with E-state index < -0.39 is 0 Å². The van der Waals surface area contributed by atoms with Gasteiger partial charge in [0.05, 0.1) is 11.9 Å². The van der Waals surface area contributed by atoms with Crippen LogP contribution in [0, 0.1) is 5.92 Å². The highest BCUT2D eigenvalue weighted by Crippen LogP contribution is 2.17. The number of hydrogen-bond donors (Lipinski definition) is 1. The van der Waals surface area contributed by atoms with Crippen molar-refractivity contribution in [1.29, 1.82) is 0 Å². The van der Waals surface area contributed by atoms with Crippen molar-refractivity contribution in [3.8, 4) is 5.82 Å². The van der Waals surface area contributed by atoms with Crippen LogP contribution >= 0.6 is 0 Å². The molecule has 0 amide bonds. The van der Waals surface area contributed by atoms with E-state index in [4.69, 9.17) is 0 Å². The summed E-state index contributed by atoms with van der Waals surface area (Å²) in [6, 6.07) is 5.96. The van der Waals surface area contributed by atoms with E-state index in [2.05, 4.69) is 33.4 Å². The molecular weight excluding hydrogens is 250 g/mol. The molecule has 0 unspecified atom stereocenters. The lowest BCUT2D eigenvalue weighted by molar-refractivity contribution is 0.226. The lowest BCUT2D eigenvalue weighted by Crippen LogP contribution is -2.32. The Kier molecular flexibility index (Phi) is 3.97. The molecule has 5 nitrogen and oxygen atoms in total. The fraction of sp³-hybridized carbons (Fsp3) is 0.467. The van der Waals surface area contributed by atoms with Gasteiger partial charge in [0, 0.05) is 18.9 Å². The van der Waals surface area contributed by atoms with Crippen LogP contribution in [0.2, 0.25) is 0 Å². The van der Waals surface area contributed by atoms with Gasteiger partial charge in [-0.05, 0) is 57.1 Å². The zero-order valence-electron chi connectivity index (χ0n) is 11.9. The van der Waals surface area contributed by atoms with Crippen molar-refractivity contribution >= 4 is 5.69 Å². The number of anilines is 1. The third kappa shape index (κ3) is 3.17. The van der Waals surface area contributed by atoms with E-state index in [-0.39, 0.29) is 0 Å². The molecule has 0 atom stereocenters. The zero-order valence-corrected chi connectivity index (χ0v) is 11.9. The third-order valence-corrected chi connectivity index (χ3v) is 3.92. The molecule has 1 N–H and O–H groups in total. The molecule has 106 valence electrons. The highest BCUT2D eigenvalue weighted by molar-refractivity contribution is 5.43. The Morgan fingerprint density at radius 1 is 1.30 bits per heavy atom. The lowest BCUT2D eigenvalue weighted by atomic mass is 9.97. The van der Waals surface area contributed by atoms with Gasteiger partial charge in [-0.15, -0.1) is 0 Å². The first-order valence-corrected chi connectivity index (χ1v) is 7.20. The van der Waals surface area contributed by atoms with Crippen LogP contribution in [0.4, 0.5) is 5.69 Å². The molecule has 3 rings (SSSR count). The van der Waals surface area contributed by atoms with Crippen LogP contribution in [0.1, 0.15) is 12.8 Å². The lowest BCUT2D eigenvalue weighted by Gasteiger charge is -2.29. The molecule has 0 radical (unpaired) electrons. The highest BCUT2D eigenvalue weighted by atomic mass is 15.3. The maximum absolute atomic E-state index is 4.43. The number of likely N-dealkylation sites (tertiary alicyclic amines) is 1. The van der Waals surface area contributed by atoms with Crippen molar-refractivity contribution in [1.82, 2.24) is 19.7 Å². The fourth-order valence-electron chi connectivity index (χ4n) is 2.56. The molecule has 20 heavy (non-hydrogen) atoms. The standard InChI is InChI=1S/C15H21N5/c1-19-9-5-13(6-10-19)11-16-14-3-4-15(17-12-14)20-8-2-7-18-20/h2-4,7-8,12-13,16H,5-6,9-11H2,1H3. The summed E-state index contributed by atoms with van der Waals surface area (Å²) in [5.74, 6) is 1.62. The number of pyridine rings is 1. The second-order valence-corrected chi connectivity index (χ2v) is 5.48. The van der Waals surface area contributed by atoms with E-state index in [1.165, 1.54) is 25.9 Å². The number of hydrogen-bond acceptors (Lipinski definition) is 4. The number of nitrogens with one attached hydrogen (secondary N) is 1. The van der Waals surface area contributed by atoms with Crippen LogP contribution in [0.3, 0.4) is 0 Å². The fourth-order valence-corrected chi connectivity index (χ4v) is 2.56. The Labute approximate surface area is 119 Å². The first kappa shape index (κ1) is 13.1. The van der Waals surface area contributed by atoms with Crippen LogP contribution < -0.4 is 5.32 Å². The van der Waals surface area contributed by atoms with Gasteiger partial charge in [0.2, 0.25) is 0 Å². The Hall–Kier alpha value is -1.88. The quantitative estimate of drug-likeness (QED) is 0.924. The summed E-state index contributed by atoms with van der Waals surface area (Å²) in [6.07, 6.45) is 8.10. The first-order valence-electron chi connectivity index (χ1n) is 7.20. The van der Waals surface area contributed by atoms with Gasteiger partial charge < -0.3 is 10.2 Å².